The molecule has 1 saturated heterocycles. The average Bonchev–Trinajstić information content (AvgIpc) is 3.41. The first-order valence-corrected chi connectivity index (χ1v) is 10.8. The van der Waals surface area contributed by atoms with Crippen molar-refractivity contribution in [1.29, 1.82) is 0 Å². The lowest BCUT2D eigenvalue weighted by Gasteiger charge is -2.32. The molecule has 1 aliphatic heterocycles. The van der Waals surface area contributed by atoms with E-state index in [0.29, 0.717) is 5.92 Å². The van der Waals surface area contributed by atoms with Crippen LogP contribution in [0.4, 0.5) is 0 Å². The zero-order chi connectivity index (χ0) is 20.2. The molecule has 29 heavy (non-hydrogen) atoms. The molecule has 0 atom stereocenters. The summed E-state index contributed by atoms with van der Waals surface area (Å²) in [6, 6.07) is 13.0. The quantitative estimate of drug-likeness (QED) is 0.629. The van der Waals surface area contributed by atoms with Crippen LogP contribution in [-0.2, 0) is 9.31 Å². The van der Waals surface area contributed by atoms with E-state index in [1.54, 1.807) is 0 Å². The summed E-state index contributed by atoms with van der Waals surface area (Å²) < 4.78 is 12.4. The minimum atomic E-state index is -0.328. The second-order valence-electron chi connectivity index (χ2n) is 9.57. The number of H-pyrrole nitrogens is 1. The summed E-state index contributed by atoms with van der Waals surface area (Å²) in [5.41, 5.74) is 2.69. The molecule has 0 bridgehead atoms. The number of nitrogens with one attached hydrogen (secondary N) is 1. The van der Waals surface area contributed by atoms with E-state index in [9.17, 15) is 0 Å². The Morgan fingerprint density at radius 1 is 0.931 bits per heavy atom. The van der Waals surface area contributed by atoms with Gasteiger partial charge in [0, 0.05) is 11.5 Å². The molecule has 1 aromatic heterocycles. The first-order chi connectivity index (χ1) is 13.8. The van der Waals surface area contributed by atoms with Crippen molar-refractivity contribution in [2.75, 3.05) is 0 Å². The highest BCUT2D eigenvalue weighted by Crippen LogP contribution is 2.37. The first-order valence-electron chi connectivity index (χ1n) is 10.8. The van der Waals surface area contributed by atoms with Crippen molar-refractivity contribution in [3.8, 4) is 11.3 Å². The van der Waals surface area contributed by atoms with Crippen molar-refractivity contribution in [2.45, 2.75) is 70.5 Å². The summed E-state index contributed by atoms with van der Waals surface area (Å²) in [7, 11) is -0.328. The maximum atomic E-state index is 6.21. The molecule has 5 heteroatoms. The van der Waals surface area contributed by atoms with Crippen molar-refractivity contribution >= 4 is 23.4 Å². The molecule has 2 heterocycles. The number of hydrogen-bond donors (Lipinski definition) is 1. The van der Waals surface area contributed by atoms with Gasteiger partial charge in [-0.3, -0.25) is 0 Å². The molecule has 3 aromatic rings. The molecule has 1 saturated carbocycles. The topological polar surface area (TPSA) is 47.1 Å². The minimum Gasteiger partial charge on any atom is -0.399 e. The number of imidazole rings is 1. The SMILES string of the molecule is CC1(C)OB(c2ccc3cc(-c4cnc(C5CCCC5)[nH]4)ccc3c2)OC1(C)C. The van der Waals surface area contributed by atoms with Crippen LogP contribution < -0.4 is 5.46 Å². The van der Waals surface area contributed by atoms with Crippen LogP contribution in [0, 0.1) is 0 Å². The lowest BCUT2D eigenvalue weighted by Crippen LogP contribution is -2.41. The van der Waals surface area contributed by atoms with E-state index in [1.165, 1.54) is 42.0 Å². The van der Waals surface area contributed by atoms with Gasteiger partial charge in [-0.2, -0.15) is 0 Å². The fraction of sp³-hybridized carbons (Fsp3) is 0.458. The summed E-state index contributed by atoms with van der Waals surface area (Å²) in [5, 5.41) is 2.40. The van der Waals surface area contributed by atoms with Gasteiger partial charge in [-0.1, -0.05) is 43.2 Å². The molecule has 2 aliphatic rings. The highest BCUT2D eigenvalue weighted by atomic mass is 16.7. The summed E-state index contributed by atoms with van der Waals surface area (Å²) in [6.45, 7) is 8.35. The third-order valence-electron chi connectivity index (χ3n) is 7.04. The summed E-state index contributed by atoms with van der Waals surface area (Å²) in [6.07, 6.45) is 7.13. The van der Waals surface area contributed by atoms with E-state index in [1.807, 2.05) is 6.20 Å². The van der Waals surface area contributed by atoms with E-state index in [0.717, 1.165) is 17.0 Å². The van der Waals surface area contributed by atoms with Gasteiger partial charge in [-0.05, 0) is 62.8 Å². The molecular weight excluding hydrogens is 359 g/mol. The smallest absolute Gasteiger partial charge is 0.399 e. The molecule has 2 aromatic carbocycles. The maximum Gasteiger partial charge on any atom is 0.494 e. The molecule has 0 spiro atoms. The van der Waals surface area contributed by atoms with E-state index in [2.05, 4.69) is 74.1 Å². The summed E-state index contributed by atoms with van der Waals surface area (Å²) in [5.74, 6) is 1.75. The molecule has 0 unspecified atom stereocenters. The van der Waals surface area contributed by atoms with Crippen LogP contribution >= 0.6 is 0 Å². The predicted molar refractivity (Wildman–Crippen MR) is 118 cm³/mol. The van der Waals surface area contributed by atoms with E-state index in [-0.39, 0.29) is 18.3 Å². The molecule has 150 valence electrons. The standard InChI is InChI=1S/C24H29BN2O2/c1-23(2)24(3,4)29-25(28-23)20-12-11-17-13-19(10-9-18(17)14-20)21-15-26-22(27-21)16-7-5-6-8-16/h9-16H,5-8H2,1-4H3,(H,26,27). The number of fused-ring (bicyclic) bond motifs is 1. The van der Waals surface area contributed by atoms with E-state index in [4.69, 9.17) is 9.31 Å². The van der Waals surface area contributed by atoms with Crippen LogP contribution in [0.5, 0.6) is 0 Å². The van der Waals surface area contributed by atoms with Crippen molar-refractivity contribution in [3.05, 3.63) is 48.4 Å². The Balaban J connectivity index is 1.42. The predicted octanol–water partition coefficient (Wildman–Crippen LogP) is 5.19. The molecule has 0 amide bonds. The van der Waals surface area contributed by atoms with Crippen molar-refractivity contribution in [2.24, 2.45) is 0 Å². The number of hydrogen-bond acceptors (Lipinski definition) is 3. The third kappa shape index (κ3) is 3.30. The number of benzene rings is 2. The van der Waals surface area contributed by atoms with Gasteiger partial charge in [0.25, 0.3) is 0 Å². The number of aromatic amines is 1. The maximum absolute atomic E-state index is 6.21. The molecule has 1 aliphatic carbocycles. The fourth-order valence-electron chi connectivity index (χ4n) is 4.45. The molecule has 1 N–H and O–H groups in total. The minimum absolute atomic E-state index is 0.325. The van der Waals surface area contributed by atoms with Crippen LogP contribution in [0.25, 0.3) is 22.0 Å². The van der Waals surface area contributed by atoms with Gasteiger partial charge in [-0.25, -0.2) is 4.98 Å². The second kappa shape index (κ2) is 6.71. The van der Waals surface area contributed by atoms with Crippen LogP contribution in [0.2, 0.25) is 0 Å². The number of rotatable bonds is 3. The average molecular weight is 388 g/mol. The normalized spacial score (nSPS) is 21.3. The third-order valence-corrected chi connectivity index (χ3v) is 7.04. The number of nitrogens with zero attached hydrogens (tertiary/aromatic N) is 1. The highest BCUT2D eigenvalue weighted by Gasteiger charge is 2.51. The lowest BCUT2D eigenvalue weighted by atomic mass is 9.78. The van der Waals surface area contributed by atoms with Crippen LogP contribution in [-0.4, -0.2) is 28.3 Å². The van der Waals surface area contributed by atoms with Gasteiger partial charge >= 0.3 is 7.12 Å². The Kier molecular flexibility index (Phi) is 4.37. The van der Waals surface area contributed by atoms with Gasteiger partial charge in [0.05, 0.1) is 23.1 Å². The largest absolute Gasteiger partial charge is 0.494 e. The molecule has 0 radical (unpaired) electrons. The van der Waals surface area contributed by atoms with Crippen LogP contribution in [0.3, 0.4) is 0 Å². The second-order valence-corrected chi connectivity index (χ2v) is 9.57. The van der Waals surface area contributed by atoms with Crippen molar-refractivity contribution in [3.63, 3.8) is 0 Å². The van der Waals surface area contributed by atoms with Gasteiger partial charge in [0.2, 0.25) is 0 Å². The van der Waals surface area contributed by atoms with E-state index >= 15 is 0 Å². The zero-order valence-electron chi connectivity index (χ0n) is 17.8. The Hall–Kier alpha value is -2.11. The fourth-order valence-corrected chi connectivity index (χ4v) is 4.45. The van der Waals surface area contributed by atoms with Gasteiger partial charge in [-0.15, -0.1) is 0 Å². The zero-order valence-corrected chi connectivity index (χ0v) is 17.8. The van der Waals surface area contributed by atoms with Gasteiger partial charge in [0.15, 0.2) is 0 Å². The summed E-state index contributed by atoms with van der Waals surface area (Å²) >= 11 is 0. The number of aromatic nitrogens is 2. The van der Waals surface area contributed by atoms with Crippen LogP contribution in [0.1, 0.15) is 65.1 Å². The monoisotopic (exact) mass is 388 g/mol. The Morgan fingerprint density at radius 3 is 2.31 bits per heavy atom. The Morgan fingerprint density at radius 2 is 1.59 bits per heavy atom. The highest BCUT2D eigenvalue weighted by molar-refractivity contribution is 6.62. The van der Waals surface area contributed by atoms with Crippen molar-refractivity contribution in [1.82, 2.24) is 9.97 Å². The van der Waals surface area contributed by atoms with Gasteiger partial charge in [0.1, 0.15) is 5.82 Å². The molecule has 2 fully saturated rings. The van der Waals surface area contributed by atoms with Crippen molar-refractivity contribution < 1.29 is 9.31 Å². The Bertz CT molecular complexity index is 1030. The lowest BCUT2D eigenvalue weighted by molar-refractivity contribution is 0.00578. The molecule has 4 nitrogen and oxygen atoms in total. The van der Waals surface area contributed by atoms with E-state index < -0.39 is 0 Å². The molecular formula is C24H29BN2O2. The molecule has 5 rings (SSSR count). The van der Waals surface area contributed by atoms with Gasteiger partial charge < -0.3 is 14.3 Å². The summed E-state index contributed by atoms with van der Waals surface area (Å²) in [4.78, 5) is 8.22. The first kappa shape index (κ1) is 18.9. The van der Waals surface area contributed by atoms with Crippen LogP contribution in [0.15, 0.2) is 42.6 Å². The Labute approximate surface area is 173 Å².